The molecule has 1 N–H and O–H groups in total. The summed E-state index contributed by atoms with van der Waals surface area (Å²) in [6.45, 7) is 3.51. The molecule has 5 heteroatoms. The van der Waals surface area contributed by atoms with E-state index in [0.717, 1.165) is 29.8 Å². The molecule has 1 aromatic heterocycles. The van der Waals surface area contributed by atoms with Crippen LogP contribution in [-0.2, 0) is 18.4 Å². The van der Waals surface area contributed by atoms with Gasteiger partial charge in [-0.1, -0.05) is 11.8 Å². The van der Waals surface area contributed by atoms with Gasteiger partial charge in [-0.2, -0.15) is 0 Å². The van der Waals surface area contributed by atoms with Crippen molar-refractivity contribution < 1.29 is 9.84 Å². The number of aliphatic hydroxyl groups is 1. The monoisotopic (exact) mass is 216 g/mol. The summed E-state index contributed by atoms with van der Waals surface area (Å²) in [5.41, 5.74) is 0.837. The summed E-state index contributed by atoms with van der Waals surface area (Å²) >= 11 is 1.64. The maximum Gasteiger partial charge on any atom is 0.168 e. The minimum atomic E-state index is 0.0372. The SMILES string of the molecule is CCOCCSc1ncc(CO)n1C. The maximum absolute atomic E-state index is 8.95. The summed E-state index contributed by atoms with van der Waals surface area (Å²) in [4.78, 5) is 4.19. The second-order valence-electron chi connectivity index (χ2n) is 2.79. The van der Waals surface area contributed by atoms with E-state index in [1.54, 1.807) is 18.0 Å². The molecular weight excluding hydrogens is 200 g/mol. The molecule has 1 aromatic rings. The highest BCUT2D eigenvalue weighted by atomic mass is 32.2. The van der Waals surface area contributed by atoms with Crippen molar-refractivity contribution in [3.8, 4) is 0 Å². The summed E-state index contributed by atoms with van der Waals surface area (Å²) in [6, 6.07) is 0. The minimum Gasteiger partial charge on any atom is -0.390 e. The molecule has 0 aliphatic carbocycles. The van der Waals surface area contributed by atoms with Gasteiger partial charge in [0.1, 0.15) is 0 Å². The fourth-order valence-electron chi connectivity index (χ4n) is 1.04. The third kappa shape index (κ3) is 3.01. The smallest absolute Gasteiger partial charge is 0.168 e. The Labute approximate surface area is 88.3 Å². The zero-order chi connectivity index (χ0) is 10.4. The number of aliphatic hydroxyl groups excluding tert-OH is 1. The molecule has 0 aliphatic rings. The molecule has 0 amide bonds. The van der Waals surface area contributed by atoms with Crippen molar-refractivity contribution in [1.29, 1.82) is 0 Å². The first-order valence-corrected chi connectivity index (χ1v) is 5.60. The van der Waals surface area contributed by atoms with Crippen LogP contribution in [-0.4, -0.2) is 33.6 Å². The first-order chi connectivity index (χ1) is 6.79. The molecule has 0 spiro atoms. The van der Waals surface area contributed by atoms with Gasteiger partial charge in [-0.15, -0.1) is 0 Å². The number of thioether (sulfide) groups is 1. The number of hydrogen-bond acceptors (Lipinski definition) is 4. The van der Waals surface area contributed by atoms with Crippen molar-refractivity contribution >= 4 is 11.8 Å². The second-order valence-corrected chi connectivity index (χ2v) is 3.86. The summed E-state index contributed by atoms with van der Waals surface area (Å²) in [7, 11) is 1.90. The first-order valence-electron chi connectivity index (χ1n) is 4.61. The Morgan fingerprint density at radius 1 is 1.64 bits per heavy atom. The summed E-state index contributed by atoms with van der Waals surface area (Å²) in [6.07, 6.45) is 1.70. The number of aromatic nitrogens is 2. The summed E-state index contributed by atoms with van der Waals surface area (Å²) < 4.78 is 7.12. The van der Waals surface area contributed by atoms with E-state index in [0.29, 0.717) is 0 Å². The molecule has 0 aromatic carbocycles. The molecule has 1 rings (SSSR count). The van der Waals surface area contributed by atoms with Gasteiger partial charge in [-0.25, -0.2) is 4.98 Å². The molecule has 0 bridgehead atoms. The van der Waals surface area contributed by atoms with Crippen LogP contribution >= 0.6 is 11.8 Å². The Kier molecular flexibility index (Phi) is 5.00. The van der Waals surface area contributed by atoms with Crippen molar-refractivity contribution in [3.63, 3.8) is 0 Å². The average Bonchev–Trinajstić information content (AvgIpc) is 2.55. The lowest BCUT2D eigenvalue weighted by Crippen LogP contribution is -2.00. The highest BCUT2D eigenvalue weighted by molar-refractivity contribution is 7.99. The third-order valence-corrected chi connectivity index (χ3v) is 2.87. The van der Waals surface area contributed by atoms with E-state index in [9.17, 15) is 0 Å². The fraction of sp³-hybridized carbons (Fsp3) is 0.667. The van der Waals surface area contributed by atoms with Crippen molar-refractivity contribution in [2.24, 2.45) is 7.05 Å². The van der Waals surface area contributed by atoms with Gasteiger partial charge in [0.2, 0.25) is 0 Å². The maximum atomic E-state index is 8.95. The Bertz CT molecular complexity index is 276. The summed E-state index contributed by atoms with van der Waals surface area (Å²) in [5, 5.41) is 9.87. The number of nitrogens with zero attached hydrogens (tertiary/aromatic N) is 2. The van der Waals surface area contributed by atoms with E-state index in [-0.39, 0.29) is 6.61 Å². The molecule has 0 atom stereocenters. The Morgan fingerprint density at radius 3 is 3.00 bits per heavy atom. The first kappa shape index (κ1) is 11.6. The van der Waals surface area contributed by atoms with Crippen LogP contribution in [0.15, 0.2) is 11.4 Å². The van der Waals surface area contributed by atoms with Gasteiger partial charge in [0.05, 0.1) is 25.1 Å². The number of imidazole rings is 1. The molecule has 80 valence electrons. The lowest BCUT2D eigenvalue weighted by molar-refractivity contribution is 0.164. The van der Waals surface area contributed by atoms with Crippen LogP contribution in [0.2, 0.25) is 0 Å². The zero-order valence-electron chi connectivity index (χ0n) is 8.56. The second kappa shape index (κ2) is 6.06. The molecule has 0 aliphatic heterocycles. The van der Waals surface area contributed by atoms with Crippen molar-refractivity contribution in [2.45, 2.75) is 18.7 Å². The molecule has 0 saturated heterocycles. The van der Waals surface area contributed by atoms with E-state index in [1.807, 2.05) is 18.5 Å². The van der Waals surface area contributed by atoms with E-state index in [1.165, 1.54) is 0 Å². The molecule has 0 radical (unpaired) electrons. The molecule has 0 fully saturated rings. The number of rotatable bonds is 6. The largest absolute Gasteiger partial charge is 0.390 e. The van der Waals surface area contributed by atoms with Gasteiger partial charge >= 0.3 is 0 Å². The molecule has 4 nitrogen and oxygen atoms in total. The van der Waals surface area contributed by atoms with Crippen LogP contribution in [0.25, 0.3) is 0 Å². The van der Waals surface area contributed by atoms with Gasteiger partial charge in [0, 0.05) is 19.4 Å². The van der Waals surface area contributed by atoms with Crippen molar-refractivity contribution in [1.82, 2.24) is 9.55 Å². The minimum absolute atomic E-state index is 0.0372. The van der Waals surface area contributed by atoms with Gasteiger partial charge in [0.15, 0.2) is 5.16 Å². The van der Waals surface area contributed by atoms with E-state index < -0.39 is 0 Å². The predicted molar refractivity (Wildman–Crippen MR) is 56.3 cm³/mol. The lowest BCUT2D eigenvalue weighted by atomic mass is 10.5. The van der Waals surface area contributed by atoms with Gasteiger partial charge in [-0.05, 0) is 6.92 Å². The molecule has 0 saturated carbocycles. The van der Waals surface area contributed by atoms with E-state index in [4.69, 9.17) is 9.84 Å². The standard InChI is InChI=1S/C9H16N2O2S/c1-3-13-4-5-14-9-10-6-8(7-12)11(9)2/h6,12H,3-5,7H2,1-2H3. The molecule has 0 unspecified atom stereocenters. The topological polar surface area (TPSA) is 47.3 Å². The highest BCUT2D eigenvalue weighted by Gasteiger charge is 2.05. The van der Waals surface area contributed by atoms with E-state index >= 15 is 0 Å². The van der Waals surface area contributed by atoms with Crippen LogP contribution in [0.1, 0.15) is 12.6 Å². The quantitative estimate of drug-likeness (QED) is 0.570. The highest BCUT2D eigenvalue weighted by Crippen LogP contribution is 2.16. The summed E-state index contributed by atoms with van der Waals surface area (Å²) in [5.74, 6) is 0.892. The third-order valence-electron chi connectivity index (χ3n) is 1.87. The number of hydrogen-bond donors (Lipinski definition) is 1. The fourth-order valence-corrected chi connectivity index (χ4v) is 1.86. The van der Waals surface area contributed by atoms with Crippen LogP contribution < -0.4 is 0 Å². The van der Waals surface area contributed by atoms with Crippen LogP contribution in [0.4, 0.5) is 0 Å². The van der Waals surface area contributed by atoms with Gasteiger partial charge < -0.3 is 14.4 Å². The number of ether oxygens (including phenoxy) is 1. The Hall–Kier alpha value is -0.520. The van der Waals surface area contributed by atoms with Crippen LogP contribution in [0.3, 0.4) is 0 Å². The Balaban J connectivity index is 2.39. The molecule has 14 heavy (non-hydrogen) atoms. The van der Waals surface area contributed by atoms with Gasteiger partial charge in [0.25, 0.3) is 0 Å². The Morgan fingerprint density at radius 2 is 2.43 bits per heavy atom. The van der Waals surface area contributed by atoms with Crippen LogP contribution in [0, 0.1) is 0 Å². The lowest BCUT2D eigenvalue weighted by Gasteiger charge is -2.03. The zero-order valence-corrected chi connectivity index (χ0v) is 9.38. The van der Waals surface area contributed by atoms with Crippen molar-refractivity contribution in [2.75, 3.05) is 19.0 Å². The molecule has 1 heterocycles. The van der Waals surface area contributed by atoms with Crippen molar-refractivity contribution in [3.05, 3.63) is 11.9 Å². The normalized spacial score (nSPS) is 10.8. The molecular formula is C9H16N2O2S. The predicted octanol–water partition coefficient (Wildman–Crippen LogP) is 1.04. The van der Waals surface area contributed by atoms with Crippen LogP contribution in [0.5, 0.6) is 0 Å². The average molecular weight is 216 g/mol. The van der Waals surface area contributed by atoms with E-state index in [2.05, 4.69) is 4.98 Å². The van der Waals surface area contributed by atoms with Gasteiger partial charge in [-0.3, -0.25) is 0 Å².